The summed E-state index contributed by atoms with van der Waals surface area (Å²) >= 11 is 0. The van der Waals surface area contributed by atoms with Crippen LogP contribution in [0.1, 0.15) is 24.2 Å². The molecule has 0 spiro atoms. The van der Waals surface area contributed by atoms with Crippen molar-refractivity contribution < 1.29 is 19.1 Å². The Labute approximate surface area is 126 Å². The molecule has 0 aliphatic rings. The third-order valence-electron chi connectivity index (χ3n) is 3.15. The van der Waals surface area contributed by atoms with Crippen molar-refractivity contribution in [3.63, 3.8) is 0 Å². The number of primary amides is 1. The number of hydrogen-bond acceptors (Lipinski definition) is 4. The fourth-order valence-electron chi connectivity index (χ4n) is 2.10. The fraction of sp³-hybridized carbons (Fsp3) is 0.267. The van der Waals surface area contributed by atoms with Crippen LogP contribution in [0.4, 0.5) is 4.79 Å². The van der Waals surface area contributed by atoms with Gasteiger partial charge in [-0.1, -0.05) is 32.0 Å². The highest BCUT2D eigenvalue weighted by atomic mass is 16.5. The van der Waals surface area contributed by atoms with Crippen molar-refractivity contribution in [2.24, 2.45) is 11.7 Å². The van der Waals surface area contributed by atoms with Gasteiger partial charge in [-0.15, -0.1) is 0 Å². The van der Waals surface area contributed by atoms with Crippen molar-refractivity contribution in [3.8, 4) is 0 Å². The van der Waals surface area contributed by atoms with Gasteiger partial charge in [0.2, 0.25) is 0 Å². The average Bonchev–Trinajstić information content (AvgIpc) is 2.87. The van der Waals surface area contributed by atoms with Crippen LogP contribution in [-0.2, 0) is 9.53 Å². The number of nitrogens with one attached hydrogen (secondary N) is 2. The summed E-state index contributed by atoms with van der Waals surface area (Å²) in [7, 11) is 0. The number of amides is 3. The first-order valence-corrected chi connectivity index (χ1v) is 6.77. The van der Waals surface area contributed by atoms with E-state index in [4.69, 9.17) is 10.5 Å². The summed E-state index contributed by atoms with van der Waals surface area (Å²) in [6.07, 6.45) is 0.421. The summed E-state index contributed by atoms with van der Waals surface area (Å²) in [5.41, 5.74) is 6.03. The number of carbonyl (C=O) groups is 3. The minimum Gasteiger partial charge on any atom is -0.448 e. The van der Waals surface area contributed by atoms with Crippen LogP contribution in [0.2, 0.25) is 0 Å². The lowest BCUT2D eigenvalue weighted by Gasteiger charge is -2.19. The zero-order chi connectivity index (χ0) is 16.3. The van der Waals surface area contributed by atoms with E-state index in [9.17, 15) is 14.4 Å². The molecule has 2 aromatic rings. The maximum absolute atomic E-state index is 12.3. The number of aromatic nitrogens is 1. The van der Waals surface area contributed by atoms with E-state index in [-0.39, 0.29) is 5.92 Å². The van der Waals surface area contributed by atoms with E-state index in [0.717, 1.165) is 5.52 Å². The van der Waals surface area contributed by atoms with Gasteiger partial charge in [-0.2, -0.15) is 0 Å². The number of nitrogens with two attached hydrogens (primary N) is 1. The molecule has 7 heteroatoms. The molecule has 0 bridgehead atoms. The number of ether oxygens (including phenoxy) is 1. The monoisotopic (exact) mass is 303 g/mol. The molecule has 1 atom stereocenters. The summed E-state index contributed by atoms with van der Waals surface area (Å²) < 4.78 is 5.25. The number of H-pyrrole nitrogens is 1. The Morgan fingerprint density at radius 2 is 1.91 bits per heavy atom. The second-order valence-corrected chi connectivity index (χ2v) is 5.17. The molecule has 1 aromatic carbocycles. The molecule has 0 aliphatic heterocycles. The zero-order valence-corrected chi connectivity index (χ0v) is 12.3. The number of fused-ring (bicyclic) bond motifs is 1. The summed E-state index contributed by atoms with van der Waals surface area (Å²) in [6, 6.07) is 6.25. The molecule has 7 nitrogen and oxygen atoms in total. The molecule has 0 unspecified atom stereocenters. The lowest BCUT2D eigenvalue weighted by atomic mass is 10.1. The minimum atomic E-state index is -1.10. The Bertz CT molecular complexity index is 720. The molecular formula is C15H17N3O4. The Morgan fingerprint density at radius 3 is 2.55 bits per heavy atom. The van der Waals surface area contributed by atoms with Gasteiger partial charge in [-0.05, 0) is 12.0 Å². The second-order valence-electron chi connectivity index (χ2n) is 5.17. The van der Waals surface area contributed by atoms with Gasteiger partial charge in [-0.3, -0.25) is 10.1 Å². The predicted octanol–water partition coefficient (Wildman–Crippen LogP) is 1.54. The van der Waals surface area contributed by atoms with Gasteiger partial charge in [0.05, 0.1) is 5.56 Å². The molecule has 0 aliphatic carbocycles. The van der Waals surface area contributed by atoms with Gasteiger partial charge in [-0.25, -0.2) is 9.59 Å². The standard InChI is InChI=1S/C15H17N3O4/c1-8(2)12(13(19)18-15(16)21)22-14(20)10-7-17-11-6-4-3-5-9(10)11/h3-8,12,17H,1-2H3,(H3,16,18,19,21)/t12-/m0/s1. The highest BCUT2D eigenvalue weighted by molar-refractivity contribution is 6.05. The number of esters is 1. The largest absolute Gasteiger partial charge is 0.448 e. The van der Waals surface area contributed by atoms with Crippen molar-refractivity contribution in [2.45, 2.75) is 20.0 Å². The van der Waals surface area contributed by atoms with E-state index >= 15 is 0 Å². The van der Waals surface area contributed by atoms with E-state index in [1.165, 1.54) is 6.20 Å². The summed E-state index contributed by atoms with van der Waals surface area (Å²) in [5, 5.41) is 2.63. The van der Waals surface area contributed by atoms with Gasteiger partial charge in [0.1, 0.15) is 0 Å². The number of rotatable bonds is 4. The lowest BCUT2D eigenvalue weighted by molar-refractivity contribution is -0.130. The number of carbonyl (C=O) groups excluding carboxylic acids is 3. The molecule has 0 saturated carbocycles. The quantitative estimate of drug-likeness (QED) is 0.743. The first kappa shape index (κ1) is 15.6. The smallest absolute Gasteiger partial charge is 0.341 e. The van der Waals surface area contributed by atoms with Crippen LogP contribution in [-0.4, -0.2) is 29.0 Å². The topological polar surface area (TPSA) is 114 Å². The van der Waals surface area contributed by atoms with Gasteiger partial charge in [0, 0.05) is 17.1 Å². The minimum absolute atomic E-state index is 0.312. The molecular weight excluding hydrogens is 286 g/mol. The van der Waals surface area contributed by atoms with Crippen molar-refractivity contribution in [2.75, 3.05) is 0 Å². The van der Waals surface area contributed by atoms with Crippen molar-refractivity contribution in [1.82, 2.24) is 10.3 Å². The van der Waals surface area contributed by atoms with E-state index in [1.807, 2.05) is 17.4 Å². The van der Waals surface area contributed by atoms with Crippen molar-refractivity contribution in [3.05, 3.63) is 36.0 Å². The molecule has 3 amide bonds. The van der Waals surface area contributed by atoms with Crippen molar-refractivity contribution >= 4 is 28.8 Å². The number of urea groups is 1. The van der Waals surface area contributed by atoms with Crippen LogP contribution in [0.25, 0.3) is 10.9 Å². The van der Waals surface area contributed by atoms with Gasteiger partial charge >= 0.3 is 12.0 Å². The fourth-order valence-corrected chi connectivity index (χ4v) is 2.10. The Kier molecular flexibility index (Phi) is 4.45. The molecule has 4 N–H and O–H groups in total. The van der Waals surface area contributed by atoms with E-state index < -0.39 is 24.0 Å². The molecule has 1 heterocycles. The van der Waals surface area contributed by atoms with Crippen LogP contribution < -0.4 is 11.1 Å². The van der Waals surface area contributed by atoms with Crippen LogP contribution in [0.5, 0.6) is 0 Å². The Balaban J connectivity index is 2.21. The van der Waals surface area contributed by atoms with Crippen LogP contribution >= 0.6 is 0 Å². The highest BCUT2D eigenvalue weighted by Crippen LogP contribution is 2.20. The van der Waals surface area contributed by atoms with Gasteiger partial charge < -0.3 is 15.5 Å². The SMILES string of the molecule is CC(C)[C@H](OC(=O)c1c[nH]c2ccccc12)C(=O)NC(N)=O. The Morgan fingerprint density at radius 1 is 1.23 bits per heavy atom. The number of para-hydroxylation sites is 1. The number of aromatic amines is 1. The maximum atomic E-state index is 12.3. The Hall–Kier alpha value is -2.83. The zero-order valence-electron chi connectivity index (χ0n) is 12.3. The van der Waals surface area contributed by atoms with Crippen molar-refractivity contribution in [1.29, 1.82) is 0 Å². The van der Waals surface area contributed by atoms with Crippen LogP contribution in [0, 0.1) is 5.92 Å². The molecule has 0 saturated heterocycles. The van der Waals surface area contributed by atoms with Crippen LogP contribution in [0.15, 0.2) is 30.5 Å². The third kappa shape index (κ3) is 3.25. The van der Waals surface area contributed by atoms with Crippen LogP contribution in [0.3, 0.4) is 0 Å². The lowest BCUT2D eigenvalue weighted by Crippen LogP contribution is -2.45. The van der Waals surface area contributed by atoms with E-state index in [2.05, 4.69) is 4.98 Å². The third-order valence-corrected chi connectivity index (χ3v) is 3.15. The summed E-state index contributed by atoms with van der Waals surface area (Å²) in [4.78, 5) is 37.9. The molecule has 22 heavy (non-hydrogen) atoms. The average molecular weight is 303 g/mol. The number of imide groups is 1. The molecule has 0 fully saturated rings. The number of benzene rings is 1. The molecule has 116 valence electrons. The maximum Gasteiger partial charge on any atom is 0.341 e. The normalized spacial score (nSPS) is 12.1. The predicted molar refractivity (Wildman–Crippen MR) is 80.1 cm³/mol. The summed E-state index contributed by atoms with van der Waals surface area (Å²) in [6.45, 7) is 3.40. The first-order valence-electron chi connectivity index (χ1n) is 6.77. The highest BCUT2D eigenvalue weighted by Gasteiger charge is 2.28. The van der Waals surface area contributed by atoms with Gasteiger partial charge in [0.15, 0.2) is 6.10 Å². The summed E-state index contributed by atoms with van der Waals surface area (Å²) in [5.74, 6) is -1.69. The number of hydrogen-bond donors (Lipinski definition) is 3. The molecule has 0 radical (unpaired) electrons. The first-order chi connectivity index (χ1) is 10.4. The van der Waals surface area contributed by atoms with Gasteiger partial charge in [0.25, 0.3) is 5.91 Å². The second kappa shape index (κ2) is 6.30. The van der Waals surface area contributed by atoms with E-state index in [0.29, 0.717) is 10.9 Å². The van der Waals surface area contributed by atoms with E-state index in [1.54, 1.807) is 26.0 Å². The molecule has 2 rings (SSSR count). The molecule has 1 aromatic heterocycles.